The molecule has 0 unspecified atom stereocenters. The molecular formula is C24H34F2O3. The zero-order valence-electron chi connectivity index (χ0n) is 17.8. The summed E-state index contributed by atoms with van der Waals surface area (Å²) in [7, 11) is 0. The summed E-state index contributed by atoms with van der Waals surface area (Å²) in [5.74, 6) is -1.72. The van der Waals surface area contributed by atoms with Crippen molar-refractivity contribution in [3.05, 3.63) is 23.8 Å². The summed E-state index contributed by atoms with van der Waals surface area (Å²) in [5.41, 5.74) is -0.582. The maximum absolute atomic E-state index is 14.4. The third kappa shape index (κ3) is 4.92. The van der Waals surface area contributed by atoms with Gasteiger partial charge in [-0.15, -0.1) is 0 Å². The maximum atomic E-state index is 14.4. The second-order valence-electron chi connectivity index (χ2n) is 8.78. The van der Waals surface area contributed by atoms with Gasteiger partial charge < -0.3 is 9.47 Å². The predicted octanol–water partition coefficient (Wildman–Crippen LogP) is 6.83. The van der Waals surface area contributed by atoms with Crippen molar-refractivity contribution < 1.29 is 23.0 Å². The molecule has 1 aromatic carbocycles. The Kier molecular flexibility index (Phi) is 7.53. The fourth-order valence-electron chi connectivity index (χ4n) is 5.37. The first kappa shape index (κ1) is 22.0. The molecular weight excluding hydrogens is 374 g/mol. The summed E-state index contributed by atoms with van der Waals surface area (Å²) in [5, 5.41) is 0. The van der Waals surface area contributed by atoms with E-state index in [1.807, 2.05) is 0 Å². The van der Waals surface area contributed by atoms with Gasteiger partial charge in [-0.25, -0.2) is 0 Å². The van der Waals surface area contributed by atoms with Crippen molar-refractivity contribution in [3.8, 4) is 11.5 Å². The molecule has 0 aliphatic heterocycles. The number of hydrogen-bond donors (Lipinski definition) is 0. The largest absolute Gasteiger partial charge is 0.491 e. The van der Waals surface area contributed by atoms with Gasteiger partial charge in [0, 0.05) is 0 Å². The molecule has 0 amide bonds. The lowest BCUT2D eigenvalue weighted by molar-refractivity contribution is -0.150. The number of hydrogen-bond acceptors (Lipinski definition) is 3. The quantitative estimate of drug-likeness (QED) is 0.366. The van der Waals surface area contributed by atoms with Gasteiger partial charge >= 0.3 is 5.97 Å². The minimum atomic E-state index is -1.16. The Bertz CT molecular complexity index is 690. The highest BCUT2D eigenvalue weighted by Gasteiger charge is 2.44. The van der Waals surface area contributed by atoms with Gasteiger partial charge in [0.2, 0.25) is 11.6 Å². The molecule has 3 nitrogen and oxygen atoms in total. The van der Waals surface area contributed by atoms with Gasteiger partial charge in [-0.3, -0.25) is 4.79 Å². The molecule has 2 saturated carbocycles. The number of carbonyl (C=O) groups excluding carboxylic acids is 1. The lowest BCUT2D eigenvalue weighted by Gasteiger charge is -2.41. The molecule has 0 saturated heterocycles. The van der Waals surface area contributed by atoms with Crippen LogP contribution in [0, 0.1) is 28.9 Å². The van der Waals surface area contributed by atoms with Crippen LogP contribution in [0.15, 0.2) is 12.1 Å². The van der Waals surface area contributed by atoms with Crippen molar-refractivity contribution in [2.75, 3.05) is 6.61 Å². The van der Waals surface area contributed by atoms with E-state index in [-0.39, 0.29) is 18.1 Å². The number of halogens is 2. The van der Waals surface area contributed by atoms with Crippen LogP contribution < -0.4 is 9.47 Å². The van der Waals surface area contributed by atoms with Crippen molar-refractivity contribution in [1.29, 1.82) is 0 Å². The molecule has 0 N–H and O–H groups in total. The molecule has 0 heterocycles. The van der Waals surface area contributed by atoms with Crippen LogP contribution >= 0.6 is 0 Å². The number of ether oxygens (including phenoxy) is 2. The molecule has 2 aliphatic carbocycles. The first-order valence-electron chi connectivity index (χ1n) is 11.3. The average molecular weight is 409 g/mol. The number of benzene rings is 1. The monoisotopic (exact) mass is 408 g/mol. The standard InChI is InChI=1S/C24H34F2O3/c1-3-14-24(15-12-18(13-16-24)17-8-6-5-7-9-17)23(27)29-20-11-10-19(28-4-2)21(25)22(20)26/h10-11,17-18H,3-9,12-16H2,1-2H3. The molecule has 0 spiro atoms. The summed E-state index contributed by atoms with van der Waals surface area (Å²) in [4.78, 5) is 13.1. The number of carbonyl (C=O) groups is 1. The highest BCUT2D eigenvalue weighted by Crippen LogP contribution is 2.48. The van der Waals surface area contributed by atoms with Crippen molar-refractivity contribution in [3.63, 3.8) is 0 Å². The first-order chi connectivity index (χ1) is 14.0. The average Bonchev–Trinajstić information content (AvgIpc) is 2.75. The van der Waals surface area contributed by atoms with Crippen LogP contribution in [0.2, 0.25) is 0 Å². The lowest BCUT2D eigenvalue weighted by atomic mass is 9.64. The van der Waals surface area contributed by atoms with E-state index in [1.54, 1.807) is 6.92 Å². The van der Waals surface area contributed by atoms with E-state index >= 15 is 0 Å². The van der Waals surface area contributed by atoms with Crippen LogP contribution in [-0.2, 0) is 4.79 Å². The van der Waals surface area contributed by atoms with Crippen molar-refractivity contribution in [2.24, 2.45) is 17.3 Å². The van der Waals surface area contributed by atoms with E-state index in [2.05, 4.69) is 6.92 Å². The Morgan fingerprint density at radius 1 is 0.966 bits per heavy atom. The molecule has 5 heteroatoms. The molecule has 162 valence electrons. The molecule has 2 fully saturated rings. The third-order valence-corrected chi connectivity index (χ3v) is 6.98. The Hall–Kier alpha value is -1.65. The molecule has 3 rings (SSSR count). The van der Waals surface area contributed by atoms with Crippen molar-refractivity contribution >= 4 is 5.97 Å². The predicted molar refractivity (Wildman–Crippen MR) is 109 cm³/mol. The zero-order chi connectivity index (χ0) is 20.9. The number of esters is 1. The van der Waals surface area contributed by atoms with E-state index in [9.17, 15) is 13.6 Å². The van der Waals surface area contributed by atoms with E-state index < -0.39 is 23.0 Å². The van der Waals surface area contributed by atoms with Gasteiger partial charge in [0.25, 0.3) is 0 Å². The third-order valence-electron chi connectivity index (χ3n) is 6.98. The fraction of sp³-hybridized carbons (Fsp3) is 0.708. The van der Waals surface area contributed by atoms with Gasteiger partial charge in [-0.05, 0) is 63.0 Å². The molecule has 0 bridgehead atoms. The van der Waals surface area contributed by atoms with Crippen LogP contribution in [0.4, 0.5) is 8.78 Å². The molecule has 2 aliphatic rings. The van der Waals surface area contributed by atoms with Gasteiger partial charge in [0.15, 0.2) is 11.5 Å². The van der Waals surface area contributed by atoms with Gasteiger partial charge in [-0.2, -0.15) is 8.78 Å². The first-order valence-corrected chi connectivity index (χ1v) is 11.3. The van der Waals surface area contributed by atoms with Crippen LogP contribution in [-0.4, -0.2) is 12.6 Å². The molecule has 29 heavy (non-hydrogen) atoms. The Morgan fingerprint density at radius 3 is 2.17 bits per heavy atom. The molecule has 0 radical (unpaired) electrons. The van der Waals surface area contributed by atoms with Gasteiger partial charge in [0.05, 0.1) is 12.0 Å². The minimum Gasteiger partial charge on any atom is -0.491 e. The Labute approximate surface area is 173 Å². The van der Waals surface area contributed by atoms with Gasteiger partial charge in [0.1, 0.15) is 0 Å². The van der Waals surface area contributed by atoms with E-state index in [1.165, 1.54) is 44.2 Å². The second-order valence-corrected chi connectivity index (χ2v) is 8.78. The summed E-state index contributed by atoms with van der Waals surface area (Å²) in [6, 6.07) is 2.60. The summed E-state index contributed by atoms with van der Waals surface area (Å²) >= 11 is 0. The second kappa shape index (κ2) is 9.90. The fourth-order valence-corrected chi connectivity index (χ4v) is 5.37. The maximum Gasteiger partial charge on any atom is 0.317 e. The Morgan fingerprint density at radius 2 is 1.55 bits per heavy atom. The minimum absolute atomic E-state index is 0.166. The molecule has 0 aromatic heterocycles. The van der Waals surface area contributed by atoms with Crippen LogP contribution in [0.5, 0.6) is 11.5 Å². The van der Waals surface area contributed by atoms with Crippen LogP contribution in [0.3, 0.4) is 0 Å². The summed E-state index contributed by atoms with van der Waals surface area (Å²) in [6.07, 6.45) is 11.8. The topological polar surface area (TPSA) is 35.5 Å². The molecule has 0 atom stereocenters. The molecule has 1 aromatic rings. The van der Waals surface area contributed by atoms with E-state index in [0.717, 1.165) is 44.4 Å². The van der Waals surface area contributed by atoms with Crippen molar-refractivity contribution in [1.82, 2.24) is 0 Å². The SMILES string of the molecule is CCCC1(C(=O)Oc2ccc(OCC)c(F)c2F)CCC(C2CCCCC2)CC1. The lowest BCUT2D eigenvalue weighted by Crippen LogP contribution is -2.40. The Balaban J connectivity index is 1.69. The van der Waals surface area contributed by atoms with E-state index in [4.69, 9.17) is 9.47 Å². The van der Waals surface area contributed by atoms with E-state index in [0.29, 0.717) is 5.92 Å². The van der Waals surface area contributed by atoms with Crippen LogP contribution in [0.25, 0.3) is 0 Å². The normalized spacial score (nSPS) is 25.6. The zero-order valence-corrected chi connectivity index (χ0v) is 17.8. The smallest absolute Gasteiger partial charge is 0.317 e. The van der Waals surface area contributed by atoms with Crippen molar-refractivity contribution in [2.45, 2.75) is 84.5 Å². The number of rotatable bonds is 7. The highest BCUT2D eigenvalue weighted by atomic mass is 19.2. The highest BCUT2D eigenvalue weighted by molar-refractivity contribution is 5.79. The van der Waals surface area contributed by atoms with Gasteiger partial charge in [-0.1, -0.05) is 45.4 Å². The summed E-state index contributed by atoms with van der Waals surface area (Å²) < 4.78 is 39.0. The summed E-state index contributed by atoms with van der Waals surface area (Å²) in [6.45, 7) is 3.99. The van der Waals surface area contributed by atoms with Crippen LogP contribution in [0.1, 0.15) is 84.5 Å².